The van der Waals surface area contributed by atoms with Gasteiger partial charge in [-0.3, -0.25) is 0 Å². The number of benzene rings is 2. The van der Waals surface area contributed by atoms with Crippen molar-refractivity contribution in [1.29, 1.82) is 0 Å². The minimum atomic E-state index is -0.333. The number of anilines is 1. The molecule has 2 aliphatic carbocycles. The summed E-state index contributed by atoms with van der Waals surface area (Å²) < 4.78 is 15.8. The molecule has 2 aromatic carbocycles. The van der Waals surface area contributed by atoms with Gasteiger partial charge in [0.15, 0.2) is 11.5 Å². The van der Waals surface area contributed by atoms with Gasteiger partial charge in [0.1, 0.15) is 11.6 Å². The lowest BCUT2D eigenvalue weighted by atomic mass is 10.1. The zero-order valence-corrected chi connectivity index (χ0v) is 14.4. The Morgan fingerprint density at radius 2 is 1.81 bits per heavy atom. The van der Waals surface area contributed by atoms with Crippen LogP contribution < -0.4 is 5.32 Å². The second-order valence-corrected chi connectivity index (χ2v) is 7.25. The fraction of sp³-hybridized carbons (Fsp3) is 0.190. The van der Waals surface area contributed by atoms with Gasteiger partial charge in [-0.25, -0.2) is 4.39 Å². The molecule has 2 aliphatic rings. The molecule has 2 aromatic heterocycles. The number of nitrogens with one attached hydrogen (secondary N) is 1. The Bertz CT molecular complexity index is 1180. The molecule has 27 heavy (non-hydrogen) atoms. The first-order valence-corrected chi connectivity index (χ1v) is 9.11. The highest BCUT2D eigenvalue weighted by molar-refractivity contribution is 5.60. The van der Waals surface area contributed by atoms with Crippen LogP contribution in [0.25, 0.3) is 17.0 Å². The van der Waals surface area contributed by atoms with Crippen LogP contribution in [-0.4, -0.2) is 25.9 Å². The average molecular weight is 357 g/mol. The molecule has 6 heteroatoms. The Hall–Kier alpha value is -3.28. The lowest BCUT2D eigenvalue weighted by Gasteiger charge is -2.10. The minimum Gasteiger partial charge on any atom is -0.365 e. The van der Waals surface area contributed by atoms with Gasteiger partial charge in [-0.1, -0.05) is 36.4 Å². The first-order chi connectivity index (χ1) is 13.3. The van der Waals surface area contributed by atoms with E-state index in [-0.39, 0.29) is 5.82 Å². The van der Waals surface area contributed by atoms with Crippen LogP contribution in [0.4, 0.5) is 10.2 Å². The fourth-order valence-electron chi connectivity index (χ4n) is 4.40. The van der Waals surface area contributed by atoms with E-state index in [9.17, 15) is 4.39 Å². The monoisotopic (exact) mass is 357 g/mol. The number of halogens is 1. The molecular weight excluding hydrogens is 341 g/mol. The van der Waals surface area contributed by atoms with E-state index in [1.165, 1.54) is 17.2 Å². The van der Waals surface area contributed by atoms with Crippen molar-refractivity contribution in [2.45, 2.75) is 18.4 Å². The molecule has 1 fully saturated rings. The maximum atomic E-state index is 14.2. The van der Waals surface area contributed by atoms with Gasteiger partial charge in [-0.05, 0) is 47.7 Å². The van der Waals surface area contributed by atoms with Gasteiger partial charge >= 0.3 is 0 Å². The van der Waals surface area contributed by atoms with Crippen molar-refractivity contribution in [3.8, 4) is 11.4 Å². The fourth-order valence-corrected chi connectivity index (χ4v) is 4.40. The SMILES string of the molecule is Fc1ccccc1-c1nnc2ccc(NC3C4Cc5ccccc5C43)nn12. The molecule has 5 nitrogen and oxygen atoms in total. The van der Waals surface area contributed by atoms with Crippen molar-refractivity contribution in [2.24, 2.45) is 5.92 Å². The maximum Gasteiger partial charge on any atom is 0.188 e. The third-order valence-electron chi connectivity index (χ3n) is 5.73. The van der Waals surface area contributed by atoms with Crippen LogP contribution in [0.5, 0.6) is 0 Å². The quantitative estimate of drug-likeness (QED) is 0.608. The Labute approximate surface area is 154 Å². The van der Waals surface area contributed by atoms with Crippen LogP contribution in [-0.2, 0) is 6.42 Å². The van der Waals surface area contributed by atoms with Gasteiger partial charge in [0.25, 0.3) is 0 Å². The third-order valence-corrected chi connectivity index (χ3v) is 5.73. The van der Waals surface area contributed by atoms with E-state index in [2.05, 4.69) is 44.9 Å². The van der Waals surface area contributed by atoms with Crippen LogP contribution in [0.1, 0.15) is 17.0 Å². The van der Waals surface area contributed by atoms with Crippen LogP contribution >= 0.6 is 0 Å². The standard InChI is InChI=1S/C21H16FN5/c22-16-8-4-3-7-14(16)21-25-24-18-10-9-17(26-27(18)21)23-20-15-11-12-5-1-2-6-13(12)19(15)20/h1-10,15,19-20H,11H2,(H,23,26). The highest BCUT2D eigenvalue weighted by Gasteiger charge is 2.55. The topological polar surface area (TPSA) is 55.1 Å². The maximum absolute atomic E-state index is 14.2. The molecule has 2 heterocycles. The predicted octanol–water partition coefficient (Wildman–Crippen LogP) is 3.68. The van der Waals surface area contributed by atoms with Crippen LogP contribution in [0.2, 0.25) is 0 Å². The van der Waals surface area contributed by atoms with Crippen LogP contribution in [0.3, 0.4) is 0 Å². The molecule has 1 saturated carbocycles. The van der Waals surface area contributed by atoms with Crippen molar-refractivity contribution in [2.75, 3.05) is 5.32 Å². The van der Waals surface area contributed by atoms with Gasteiger partial charge in [0, 0.05) is 12.0 Å². The predicted molar refractivity (Wildman–Crippen MR) is 100.0 cm³/mol. The van der Waals surface area contributed by atoms with Crippen LogP contribution in [0.15, 0.2) is 60.7 Å². The van der Waals surface area contributed by atoms with E-state index >= 15 is 0 Å². The lowest BCUT2D eigenvalue weighted by molar-refractivity contribution is 0.629. The average Bonchev–Trinajstić information content (AvgIpc) is 3.04. The second-order valence-electron chi connectivity index (χ2n) is 7.25. The molecule has 4 aromatic rings. The smallest absolute Gasteiger partial charge is 0.188 e. The van der Waals surface area contributed by atoms with Crippen molar-refractivity contribution in [3.63, 3.8) is 0 Å². The molecule has 1 N–H and O–H groups in total. The summed E-state index contributed by atoms with van der Waals surface area (Å²) in [6, 6.07) is 19.4. The van der Waals surface area contributed by atoms with Crippen LogP contribution in [0, 0.1) is 11.7 Å². The second kappa shape index (κ2) is 5.36. The zero-order chi connectivity index (χ0) is 18.0. The molecule has 132 valence electrons. The summed E-state index contributed by atoms with van der Waals surface area (Å²) in [5.74, 6) is 2.03. The number of aromatic nitrogens is 4. The molecule has 0 aliphatic heterocycles. The van der Waals surface area contributed by atoms with Gasteiger partial charge in [-0.15, -0.1) is 15.3 Å². The van der Waals surface area contributed by atoms with E-state index in [0.29, 0.717) is 34.9 Å². The molecule has 0 radical (unpaired) electrons. The number of hydrogen-bond donors (Lipinski definition) is 1. The Morgan fingerprint density at radius 3 is 2.74 bits per heavy atom. The number of fused-ring (bicyclic) bond motifs is 4. The van der Waals surface area contributed by atoms with E-state index in [0.717, 1.165) is 12.2 Å². The first kappa shape index (κ1) is 14.8. The van der Waals surface area contributed by atoms with Gasteiger partial charge in [-0.2, -0.15) is 4.52 Å². The van der Waals surface area contributed by atoms with Gasteiger partial charge < -0.3 is 5.32 Å². The molecule has 0 bridgehead atoms. The lowest BCUT2D eigenvalue weighted by Crippen LogP contribution is -2.12. The van der Waals surface area contributed by atoms with E-state index in [1.807, 2.05) is 12.1 Å². The summed E-state index contributed by atoms with van der Waals surface area (Å²) in [6.45, 7) is 0. The Kier molecular flexibility index (Phi) is 2.95. The van der Waals surface area contributed by atoms with Crippen molar-refractivity contribution < 1.29 is 4.39 Å². The van der Waals surface area contributed by atoms with E-state index < -0.39 is 0 Å². The first-order valence-electron chi connectivity index (χ1n) is 9.11. The summed E-state index contributed by atoms with van der Waals surface area (Å²) in [6.07, 6.45) is 1.12. The number of rotatable bonds is 3. The molecule has 3 atom stereocenters. The molecular formula is C21H16FN5. The number of nitrogens with zero attached hydrogens (tertiary/aromatic N) is 4. The molecule has 0 saturated heterocycles. The van der Waals surface area contributed by atoms with E-state index in [1.54, 1.807) is 22.7 Å². The Balaban J connectivity index is 1.33. The summed E-state index contributed by atoms with van der Waals surface area (Å²) >= 11 is 0. The largest absolute Gasteiger partial charge is 0.365 e. The summed E-state index contributed by atoms with van der Waals surface area (Å²) in [7, 11) is 0. The number of hydrogen-bond acceptors (Lipinski definition) is 4. The summed E-state index contributed by atoms with van der Waals surface area (Å²) in [5, 5.41) is 16.4. The molecule has 3 unspecified atom stereocenters. The van der Waals surface area contributed by atoms with Crippen molar-refractivity contribution >= 4 is 11.5 Å². The Morgan fingerprint density at radius 1 is 0.963 bits per heavy atom. The van der Waals surface area contributed by atoms with Gasteiger partial charge in [0.05, 0.1) is 5.56 Å². The van der Waals surface area contributed by atoms with Crippen molar-refractivity contribution in [3.05, 3.63) is 77.6 Å². The molecule has 0 amide bonds. The van der Waals surface area contributed by atoms with Gasteiger partial charge in [0.2, 0.25) is 0 Å². The summed E-state index contributed by atoms with van der Waals surface area (Å²) in [5.41, 5.74) is 3.92. The zero-order valence-electron chi connectivity index (χ0n) is 14.4. The van der Waals surface area contributed by atoms with Crippen molar-refractivity contribution in [1.82, 2.24) is 19.8 Å². The highest BCUT2D eigenvalue weighted by atomic mass is 19.1. The third kappa shape index (κ3) is 2.19. The van der Waals surface area contributed by atoms with E-state index in [4.69, 9.17) is 0 Å². The summed E-state index contributed by atoms with van der Waals surface area (Å²) in [4.78, 5) is 0. The molecule has 6 rings (SSSR count). The minimum absolute atomic E-state index is 0.333. The highest BCUT2D eigenvalue weighted by Crippen LogP contribution is 2.57. The molecule has 0 spiro atoms. The normalized spacial score (nSPS) is 22.5.